The highest BCUT2D eigenvalue weighted by Crippen LogP contribution is 2.61. The third kappa shape index (κ3) is 2.28. The van der Waals surface area contributed by atoms with Crippen molar-refractivity contribution in [3.63, 3.8) is 0 Å². The van der Waals surface area contributed by atoms with Gasteiger partial charge < -0.3 is 0 Å². The van der Waals surface area contributed by atoms with Crippen molar-refractivity contribution in [2.75, 3.05) is 0 Å². The van der Waals surface area contributed by atoms with Crippen LogP contribution in [0.1, 0.15) is 73.1 Å². The molecule has 0 aliphatic heterocycles. The second-order valence-electron chi connectivity index (χ2n) is 8.28. The lowest BCUT2D eigenvalue weighted by Gasteiger charge is -2.58. The first kappa shape index (κ1) is 14.2. The van der Waals surface area contributed by atoms with Crippen LogP contribution in [0.2, 0.25) is 0 Å². The van der Waals surface area contributed by atoms with Gasteiger partial charge in [0.2, 0.25) is 0 Å². The largest absolute Gasteiger partial charge is 0.0996 e. The van der Waals surface area contributed by atoms with Gasteiger partial charge in [-0.3, -0.25) is 0 Å². The van der Waals surface area contributed by atoms with Gasteiger partial charge in [-0.2, -0.15) is 0 Å². The smallest absolute Gasteiger partial charge is 0.0147 e. The van der Waals surface area contributed by atoms with E-state index < -0.39 is 0 Å². The number of allylic oxidation sites excluding steroid dienone is 1. The first-order valence-corrected chi connectivity index (χ1v) is 7.95. The van der Waals surface area contributed by atoms with Crippen molar-refractivity contribution in [1.29, 1.82) is 0 Å². The highest BCUT2D eigenvalue weighted by Gasteiger charge is 2.52. The summed E-state index contributed by atoms with van der Waals surface area (Å²) < 4.78 is 0. The summed E-state index contributed by atoms with van der Waals surface area (Å²) in [4.78, 5) is 0. The minimum Gasteiger partial charge on any atom is -0.0996 e. The van der Waals surface area contributed by atoms with Crippen molar-refractivity contribution in [2.24, 2.45) is 28.6 Å². The lowest BCUT2D eigenvalue weighted by molar-refractivity contribution is -0.0568. The number of rotatable bonds is 2. The molecule has 3 atom stereocenters. The van der Waals surface area contributed by atoms with Crippen molar-refractivity contribution in [3.8, 4) is 0 Å². The molecule has 2 rings (SSSR count). The summed E-state index contributed by atoms with van der Waals surface area (Å²) in [5.41, 5.74) is 2.63. The van der Waals surface area contributed by atoms with Crippen molar-refractivity contribution < 1.29 is 0 Å². The molecular formula is C18H32. The second kappa shape index (κ2) is 4.69. The Hall–Kier alpha value is -0.260. The molecule has 2 fully saturated rings. The van der Waals surface area contributed by atoms with E-state index in [0.717, 1.165) is 17.8 Å². The molecule has 0 nitrogen and oxygen atoms in total. The van der Waals surface area contributed by atoms with Crippen LogP contribution in [0.3, 0.4) is 0 Å². The molecule has 0 radical (unpaired) electrons. The summed E-state index contributed by atoms with van der Waals surface area (Å²) in [6.45, 7) is 16.8. The number of hydrogen-bond acceptors (Lipinski definition) is 0. The predicted molar refractivity (Wildman–Crippen MR) is 80.5 cm³/mol. The molecular weight excluding hydrogens is 216 g/mol. The molecule has 0 bridgehead atoms. The van der Waals surface area contributed by atoms with Crippen LogP contribution in [0.25, 0.3) is 0 Å². The second-order valence-corrected chi connectivity index (χ2v) is 8.28. The average molecular weight is 248 g/mol. The Balaban J connectivity index is 2.31. The Bertz CT molecular complexity index is 323. The predicted octanol–water partition coefficient (Wildman–Crippen LogP) is 5.83. The molecule has 0 aromatic rings. The summed E-state index contributed by atoms with van der Waals surface area (Å²) in [6, 6.07) is 0. The van der Waals surface area contributed by atoms with Gasteiger partial charge in [0.25, 0.3) is 0 Å². The third-order valence-corrected chi connectivity index (χ3v) is 6.03. The van der Waals surface area contributed by atoms with Gasteiger partial charge in [0.1, 0.15) is 0 Å². The summed E-state index contributed by atoms with van der Waals surface area (Å²) in [5, 5.41) is 0. The minimum absolute atomic E-state index is 0.529. The topological polar surface area (TPSA) is 0 Å². The van der Waals surface area contributed by atoms with Gasteiger partial charge in [0.05, 0.1) is 0 Å². The molecule has 2 saturated carbocycles. The van der Waals surface area contributed by atoms with E-state index in [9.17, 15) is 0 Å². The Labute approximate surface area is 114 Å². The lowest BCUT2D eigenvalue weighted by atomic mass is 9.47. The van der Waals surface area contributed by atoms with Gasteiger partial charge in [-0.25, -0.2) is 0 Å². The van der Waals surface area contributed by atoms with Crippen LogP contribution in [0, 0.1) is 28.6 Å². The van der Waals surface area contributed by atoms with E-state index in [4.69, 9.17) is 0 Å². The first-order chi connectivity index (χ1) is 8.27. The highest BCUT2D eigenvalue weighted by molar-refractivity contribution is 5.15. The molecule has 3 unspecified atom stereocenters. The van der Waals surface area contributed by atoms with Crippen LogP contribution in [0.5, 0.6) is 0 Å². The molecule has 0 aromatic carbocycles. The fourth-order valence-electron chi connectivity index (χ4n) is 5.18. The molecule has 0 heteroatoms. The van der Waals surface area contributed by atoms with E-state index in [1.165, 1.54) is 38.5 Å². The summed E-state index contributed by atoms with van der Waals surface area (Å²) in [6.07, 6.45) is 8.29. The molecule has 2 aliphatic carbocycles. The van der Waals surface area contributed by atoms with Gasteiger partial charge in [-0.15, -0.1) is 0 Å². The summed E-state index contributed by atoms with van der Waals surface area (Å²) >= 11 is 0. The first-order valence-electron chi connectivity index (χ1n) is 7.95. The summed E-state index contributed by atoms with van der Waals surface area (Å²) in [5.74, 6) is 2.48. The van der Waals surface area contributed by atoms with Crippen LogP contribution in [0.15, 0.2) is 12.2 Å². The van der Waals surface area contributed by atoms with E-state index >= 15 is 0 Å². The van der Waals surface area contributed by atoms with Crippen molar-refractivity contribution in [2.45, 2.75) is 73.1 Å². The molecule has 0 amide bonds. The molecule has 104 valence electrons. The molecule has 0 heterocycles. The van der Waals surface area contributed by atoms with Crippen molar-refractivity contribution >= 4 is 0 Å². The van der Waals surface area contributed by atoms with E-state index in [-0.39, 0.29) is 0 Å². The Kier molecular flexibility index (Phi) is 3.69. The number of fused-ring (bicyclic) bond motifs is 1. The average Bonchev–Trinajstić information content (AvgIpc) is 2.22. The summed E-state index contributed by atoms with van der Waals surface area (Å²) in [7, 11) is 0. The SMILES string of the molecule is C=C1CCC2C(C)(C)CCCC2(C)C1CC(C)C. The van der Waals surface area contributed by atoms with Gasteiger partial charge in [-0.1, -0.05) is 53.2 Å². The van der Waals surface area contributed by atoms with Crippen molar-refractivity contribution in [3.05, 3.63) is 12.2 Å². The van der Waals surface area contributed by atoms with E-state index in [1.807, 2.05) is 0 Å². The zero-order valence-electron chi connectivity index (χ0n) is 13.2. The van der Waals surface area contributed by atoms with Crippen LogP contribution < -0.4 is 0 Å². The van der Waals surface area contributed by atoms with Gasteiger partial charge in [-0.05, 0) is 60.7 Å². The lowest BCUT2D eigenvalue weighted by Crippen LogP contribution is -2.49. The van der Waals surface area contributed by atoms with Crippen molar-refractivity contribution in [1.82, 2.24) is 0 Å². The third-order valence-electron chi connectivity index (χ3n) is 6.03. The van der Waals surface area contributed by atoms with E-state index in [2.05, 4.69) is 41.2 Å². The normalized spacial score (nSPS) is 39.8. The maximum absolute atomic E-state index is 4.43. The highest BCUT2D eigenvalue weighted by atomic mass is 14.6. The Morgan fingerprint density at radius 2 is 1.89 bits per heavy atom. The fraction of sp³-hybridized carbons (Fsp3) is 0.889. The number of hydrogen-bond donors (Lipinski definition) is 0. The van der Waals surface area contributed by atoms with E-state index in [0.29, 0.717) is 10.8 Å². The standard InChI is InChI=1S/C18H32/c1-13(2)12-15-14(3)8-9-16-17(4,5)10-7-11-18(15,16)6/h13,15-16H,3,7-12H2,1-2,4-6H3. The Morgan fingerprint density at radius 1 is 1.22 bits per heavy atom. The molecule has 0 saturated heterocycles. The fourth-order valence-corrected chi connectivity index (χ4v) is 5.18. The minimum atomic E-state index is 0.529. The van der Waals surface area contributed by atoms with Gasteiger partial charge in [0.15, 0.2) is 0 Å². The maximum atomic E-state index is 4.43. The molecule has 0 aromatic heterocycles. The zero-order valence-corrected chi connectivity index (χ0v) is 13.2. The van der Waals surface area contributed by atoms with Crippen LogP contribution in [-0.4, -0.2) is 0 Å². The zero-order chi connectivity index (χ0) is 13.6. The molecule has 18 heavy (non-hydrogen) atoms. The molecule has 2 aliphatic rings. The van der Waals surface area contributed by atoms with Crippen LogP contribution in [-0.2, 0) is 0 Å². The maximum Gasteiger partial charge on any atom is -0.0147 e. The van der Waals surface area contributed by atoms with Crippen LogP contribution in [0.4, 0.5) is 0 Å². The Morgan fingerprint density at radius 3 is 2.50 bits per heavy atom. The molecule has 0 spiro atoms. The molecule has 0 N–H and O–H groups in total. The van der Waals surface area contributed by atoms with Crippen LogP contribution >= 0.6 is 0 Å². The quantitative estimate of drug-likeness (QED) is 0.539. The van der Waals surface area contributed by atoms with E-state index in [1.54, 1.807) is 5.57 Å². The monoisotopic (exact) mass is 248 g/mol. The van der Waals surface area contributed by atoms with Gasteiger partial charge in [0, 0.05) is 0 Å². The van der Waals surface area contributed by atoms with Gasteiger partial charge >= 0.3 is 0 Å².